The van der Waals surface area contributed by atoms with Gasteiger partial charge in [-0.1, -0.05) is 13.8 Å². The van der Waals surface area contributed by atoms with Gasteiger partial charge in [0.2, 0.25) is 0 Å². The van der Waals surface area contributed by atoms with E-state index in [1.54, 1.807) is 38.2 Å². The Bertz CT molecular complexity index is 1710. The maximum Gasteiger partial charge on any atom is 0.420 e. The summed E-state index contributed by atoms with van der Waals surface area (Å²) in [6.45, 7) is 7.81. The number of nitrogens with one attached hydrogen (secondary N) is 1. The van der Waals surface area contributed by atoms with E-state index in [1.165, 1.54) is 53.5 Å². The van der Waals surface area contributed by atoms with Gasteiger partial charge < -0.3 is 19.4 Å². The summed E-state index contributed by atoms with van der Waals surface area (Å²) < 4.78 is 24.5. The smallest absolute Gasteiger partial charge is 0.420 e. The maximum absolute atomic E-state index is 13.5. The Kier molecular flexibility index (Phi) is 7.51. The lowest BCUT2D eigenvalue weighted by Crippen LogP contribution is -2.37. The van der Waals surface area contributed by atoms with E-state index in [0.717, 1.165) is 16.6 Å². The minimum atomic E-state index is -0.650. The monoisotopic (exact) mass is 571 g/mol. The van der Waals surface area contributed by atoms with Crippen LogP contribution in [0.4, 0.5) is 15.0 Å². The van der Waals surface area contributed by atoms with E-state index in [9.17, 15) is 18.8 Å². The lowest BCUT2D eigenvalue weighted by atomic mass is 9.81. The van der Waals surface area contributed by atoms with Crippen LogP contribution in [-0.4, -0.2) is 58.0 Å². The molecule has 2 aromatic carbocycles. The van der Waals surface area contributed by atoms with Crippen LogP contribution in [-0.2, 0) is 14.9 Å². The Morgan fingerprint density at radius 1 is 1.10 bits per heavy atom. The van der Waals surface area contributed by atoms with E-state index < -0.39 is 23.3 Å². The zero-order valence-electron chi connectivity index (χ0n) is 23.9. The van der Waals surface area contributed by atoms with Crippen molar-refractivity contribution in [3.8, 4) is 5.75 Å². The number of aromatic nitrogens is 3. The first-order valence-electron chi connectivity index (χ1n) is 13.3. The molecule has 1 N–H and O–H groups in total. The third kappa shape index (κ3) is 5.45. The van der Waals surface area contributed by atoms with Gasteiger partial charge in [-0.3, -0.25) is 14.7 Å². The van der Waals surface area contributed by atoms with Crippen molar-refractivity contribution in [2.75, 3.05) is 25.1 Å². The Labute approximate surface area is 241 Å². The normalized spacial score (nSPS) is 14.0. The number of halogens is 1. The number of nitrogens with zero attached hydrogens (tertiary/aromatic N) is 4. The number of rotatable bonds is 5. The average Bonchev–Trinajstić information content (AvgIpc) is 3.29. The molecule has 0 unspecified atom stereocenters. The zero-order valence-corrected chi connectivity index (χ0v) is 23.9. The fourth-order valence-corrected chi connectivity index (χ4v) is 4.99. The van der Waals surface area contributed by atoms with Crippen LogP contribution >= 0.6 is 0 Å². The summed E-state index contributed by atoms with van der Waals surface area (Å²) in [5.41, 5.74) is 2.46. The van der Waals surface area contributed by atoms with Gasteiger partial charge in [0.15, 0.2) is 5.82 Å². The number of H-pyrrole nitrogens is 1. The van der Waals surface area contributed by atoms with Gasteiger partial charge in [0.1, 0.15) is 11.6 Å². The number of hydrogen-bond donors (Lipinski definition) is 1. The Hall–Kier alpha value is -5.06. The van der Waals surface area contributed by atoms with Crippen molar-refractivity contribution in [2.24, 2.45) is 0 Å². The molecule has 0 aliphatic carbocycles. The first kappa shape index (κ1) is 28.5. The second kappa shape index (κ2) is 11.1. The fraction of sp³-hybridized carbons (Fsp3) is 0.258. The van der Waals surface area contributed by atoms with Gasteiger partial charge in [0.05, 0.1) is 36.0 Å². The standard InChI is InChI=1S/C31H30FN5O5/c1-6-41-29(39)23-16-37(28(38)19-7-9-20(32)10-8-19)17-31(3,4)26-22-12-11-21(13-24(22)35-27(23)26)42-30(40)36(5)25-15-33-18(2)14-34-25/h7-16,35H,6,17H2,1-5H3. The number of aryl methyl sites for hydroxylation is 1. The first-order valence-corrected chi connectivity index (χ1v) is 13.3. The van der Waals surface area contributed by atoms with Gasteiger partial charge in [0.25, 0.3) is 5.91 Å². The Balaban J connectivity index is 1.53. The molecule has 0 fully saturated rings. The number of ether oxygens (including phenoxy) is 2. The summed E-state index contributed by atoms with van der Waals surface area (Å²) in [5, 5.41) is 0.791. The van der Waals surface area contributed by atoms with Crippen LogP contribution in [0.5, 0.6) is 5.75 Å². The van der Waals surface area contributed by atoms with Gasteiger partial charge in [-0.05, 0) is 55.8 Å². The summed E-state index contributed by atoms with van der Waals surface area (Å²) in [6, 6.07) is 10.4. The Morgan fingerprint density at radius 2 is 1.83 bits per heavy atom. The molecule has 2 amide bonds. The van der Waals surface area contributed by atoms with Gasteiger partial charge in [-0.15, -0.1) is 0 Å². The lowest BCUT2D eigenvalue weighted by molar-refractivity contribution is -0.136. The minimum absolute atomic E-state index is 0.139. The predicted octanol–water partition coefficient (Wildman–Crippen LogP) is 5.38. The van der Waals surface area contributed by atoms with Gasteiger partial charge in [-0.2, -0.15) is 0 Å². The molecule has 11 heteroatoms. The molecule has 0 saturated carbocycles. The molecule has 0 bridgehead atoms. The molecule has 2 aromatic heterocycles. The van der Waals surface area contributed by atoms with E-state index in [1.807, 2.05) is 13.8 Å². The van der Waals surface area contributed by atoms with Crippen molar-refractivity contribution in [3.05, 3.63) is 89.4 Å². The molecule has 10 nitrogen and oxygen atoms in total. The number of esters is 1. The third-order valence-electron chi connectivity index (χ3n) is 7.00. The predicted molar refractivity (Wildman–Crippen MR) is 155 cm³/mol. The van der Waals surface area contributed by atoms with E-state index >= 15 is 0 Å². The first-order chi connectivity index (χ1) is 20.0. The molecular weight excluding hydrogens is 541 g/mol. The van der Waals surface area contributed by atoms with Crippen LogP contribution in [0.2, 0.25) is 0 Å². The minimum Gasteiger partial charge on any atom is -0.462 e. The molecule has 5 rings (SSSR count). The van der Waals surface area contributed by atoms with Crippen LogP contribution in [0.15, 0.2) is 61.1 Å². The molecule has 0 radical (unpaired) electrons. The SMILES string of the molecule is CCOC(=O)C1=CN(C(=O)c2ccc(F)cc2)CC(C)(C)c2c1[nH]c1cc(OC(=O)N(C)c3cnc(C)cn3)ccc21. The number of carbonyl (C=O) groups excluding carboxylic acids is 3. The summed E-state index contributed by atoms with van der Waals surface area (Å²) in [7, 11) is 1.54. The summed E-state index contributed by atoms with van der Waals surface area (Å²) >= 11 is 0. The third-order valence-corrected chi connectivity index (χ3v) is 7.00. The molecule has 1 aliphatic heterocycles. The molecule has 3 heterocycles. The zero-order chi connectivity index (χ0) is 30.2. The van der Waals surface area contributed by atoms with Crippen LogP contribution in [0, 0.1) is 12.7 Å². The fourth-order valence-electron chi connectivity index (χ4n) is 4.99. The van der Waals surface area contributed by atoms with E-state index in [4.69, 9.17) is 9.47 Å². The summed E-state index contributed by atoms with van der Waals surface area (Å²) in [4.78, 5) is 53.9. The average molecular weight is 572 g/mol. The number of hydrogen-bond acceptors (Lipinski definition) is 7. The number of fused-ring (bicyclic) bond motifs is 3. The summed E-state index contributed by atoms with van der Waals surface area (Å²) in [6.07, 6.45) is 3.87. The van der Waals surface area contributed by atoms with Gasteiger partial charge in [0, 0.05) is 47.7 Å². The van der Waals surface area contributed by atoms with E-state index in [0.29, 0.717) is 17.0 Å². The molecular formula is C31H30FN5O5. The highest BCUT2D eigenvalue weighted by Crippen LogP contribution is 2.41. The van der Waals surface area contributed by atoms with E-state index in [-0.39, 0.29) is 35.9 Å². The highest BCUT2D eigenvalue weighted by molar-refractivity contribution is 6.18. The number of amides is 2. The molecule has 0 atom stereocenters. The molecule has 4 aromatic rings. The largest absolute Gasteiger partial charge is 0.462 e. The van der Waals surface area contributed by atoms with Crippen molar-refractivity contribution in [1.29, 1.82) is 0 Å². The number of benzene rings is 2. The van der Waals surface area contributed by atoms with E-state index in [2.05, 4.69) is 15.0 Å². The highest BCUT2D eigenvalue weighted by atomic mass is 19.1. The number of anilines is 1. The van der Waals surface area contributed by atoms with Crippen LogP contribution in [0.3, 0.4) is 0 Å². The van der Waals surface area contributed by atoms with Crippen LogP contribution in [0.1, 0.15) is 48.1 Å². The number of aromatic amines is 1. The lowest BCUT2D eigenvalue weighted by Gasteiger charge is -2.29. The topological polar surface area (TPSA) is 118 Å². The van der Waals surface area contributed by atoms with Crippen molar-refractivity contribution in [2.45, 2.75) is 33.1 Å². The quantitative estimate of drug-likeness (QED) is 0.320. The van der Waals surface area contributed by atoms with Gasteiger partial charge >= 0.3 is 12.1 Å². The Morgan fingerprint density at radius 3 is 2.50 bits per heavy atom. The van der Waals surface area contributed by atoms with Crippen molar-refractivity contribution in [3.63, 3.8) is 0 Å². The van der Waals surface area contributed by atoms with Crippen LogP contribution in [0.25, 0.3) is 16.5 Å². The maximum atomic E-state index is 13.5. The van der Waals surface area contributed by atoms with Crippen LogP contribution < -0.4 is 9.64 Å². The second-order valence-electron chi connectivity index (χ2n) is 10.6. The van der Waals surface area contributed by atoms with Crippen molar-refractivity contribution >= 4 is 40.3 Å². The van der Waals surface area contributed by atoms with Gasteiger partial charge in [-0.25, -0.2) is 19.0 Å². The van der Waals surface area contributed by atoms with Crippen molar-refractivity contribution < 1.29 is 28.2 Å². The molecule has 42 heavy (non-hydrogen) atoms. The van der Waals surface area contributed by atoms with Crippen molar-refractivity contribution in [1.82, 2.24) is 19.9 Å². The molecule has 1 aliphatic rings. The molecule has 216 valence electrons. The molecule has 0 spiro atoms. The molecule has 0 saturated heterocycles. The number of carbonyl (C=O) groups is 3. The highest BCUT2D eigenvalue weighted by Gasteiger charge is 2.37. The summed E-state index contributed by atoms with van der Waals surface area (Å²) in [5.74, 6) is -0.817. The second-order valence-corrected chi connectivity index (χ2v) is 10.6.